The van der Waals surface area contributed by atoms with Crippen molar-refractivity contribution in [1.29, 1.82) is 5.26 Å². The first-order valence-electron chi connectivity index (χ1n) is 6.53. The summed E-state index contributed by atoms with van der Waals surface area (Å²) in [6.07, 6.45) is 0. The predicted octanol–water partition coefficient (Wildman–Crippen LogP) is 3.97. The van der Waals surface area contributed by atoms with Crippen LogP contribution in [0.1, 0.15) is 30.0 Å². The van der Waals surface area contributed by atoms with E-state index in [0.717, 1.165) is 22.8 Å². The van der Waals surface area contributed by atoms with E-state index in [1.807, 2.05) is 44.2 Å². The number of ether oxygens (including phenoxy) is 1. The number of nitrogens with one attached hydrogen (secondary N) is 1. The molecule has 1 heterocycles. The molecule has 0 bridgehead atoms. The number of furan rings is 1. The molecular weight excluding hydrogens is 252 g/mol. The maximum Gasteiger partial charge on any atom is 0.174 e. The molecular formula is C16H18N2O2. The smallest absolute Gasteiger partial charge is 0.174 e. The van der Waals surface area contributed by atoms with Gasteiger partial charge in [-0.25, -0.2) is 0 Å². The van der Waals surface area contributed by atoms with Crippen LogP contribution in [0, 0.1) is 25.2 Å². The van der Waals surface area contributed by atoms with E-state index in [-0.39, 0.29) is 12.6 Å². The molecule has 0 amide bonds. The summed E-state index contributed by atoms with van der Waals surface area (Å²) >= 11 is 0. The van der Waals surface area contributed by atoms with Gasteiger partial charge in [0.05, 0.1) is 6.04 Å². The van der Waals surface area contributed by atoms with Crippen LogP contribution in [0.2, 0.25) is 0 Å². The van der Waals surface area contributed by atoms with Crippen LogP contribution in [0.15, 0.2) is 34.7 Å². The van der Waals surface area contributed by atoms with Crippen molar-refractivity contribution in [2.45, 2.75) is 26.8 Å². The van der Waals surface area contributed by atoms with Gasteiger partial charge in [-0.2, -0.15) is 5.26 Å². The Kier molecular flexibility index (Phi) is 4.31. The average Bonchev–Trinajstić information content (AvgIpc) is 2.77. The lowest BCUT2D eigenvalue weighted by Crippen LogP contribution is -2.06. The summed E-state index contributed by atoms with van der Waals surface area (Å²) < 4.78 is 10.8. The van der Waals surface area contributed by atoms with Crippen molar-refractivity contribution in [3.8, 4) is 11.8 Å². The van der Waals surface area contributed by atoms with Gasteiger partial charge in [-0.1, -0.05) is 0 Å². The van der Waals surface area contributed by atoms with Crippen LogP contribution in [0.3, 0.4) is 0 Å². The summed E-state index contributed by atoms with van der Waals surface area (Å²) in [5.74, 6) is 2.56. The van der Waals surface area contributed by atoms with Crippen LogP contribution in [-0.4, -0.2) is 6.61 Å². The molecule has 2 aromatic rings. The van der Waals surface area contributed by atoms with Crippen molar-refractivity contribution in [3.05, 3.63) is 47.4 Å². The molecule has 0 aliphatic rings. The molecule has 104 valence electrons. The van der Waals surface area contributed by atoms with Crippen LogP contribution >= 0.6 is 0 Å². The van der Waals surface area contributed by atoms with Crippen molar-refractivity contribution in [3.63, 3.8) is 0 Å². The SMILES string of the molecule is Cc1cc(C(C)Nc2ccc(OCC#N)cc2)c(C)o1. The third-order valence-electron chi connectivity index (χ3n) is 3.09. The Hall–Kier alpha value is -2.41. The first-order valence-corrected chi connectivity index (χ1v) is 6.53. The fraction of sp³-hybridized carbons (Fsp3) is 0.312. The average molecular weight is 270 g/mol. The first-order chi connectivity index (χ1) is 9.60. The van der Waals surface area contributed by atoms with E-state index < -0.39 is 0 Å². The Balaban J connectivity index is 2.03. The Morgan fingerprint density at radius 2 is 2.00 bits per heavy atom. The zero-order valence-corrected chi connectivity index (χ0v) is 11.9. The lowest BCUT2D eigenvalue weighted by molar-refractivity contribution is 0.368. The van der Waals surface area contributed by atoms with Crippen molar-refractivity contribution in [2.24, 2.45) is 0 Å². The highest BCUT2D eigenvalue weighted by Crippen LogP contribution is 2.25. The second kappa shape index (κ2) is 6.16. The lowest BCUT2D eigenvalue weighted by atomic mass is 10.1. The van der Waals surface area contributed by atoms with E-state index >= 15 is 0 Å². The molecule has 1 N–H and O–H groups in total. The number of hydrogen-bond acceptors (Lipinski definition) is 4. The Morgan fingerprint density at radius 3 is 2.55 bits per heavy atom. The number of rotatable bonds is 5. The van der Waals surface area contributed by atoms with Crippen molar-refractivity contribution >= 4 is 5.69 Å². The predicted molar refractivity (Wildman–Crippen MR) is 77.8 cm³/mol. The zero-order chi connectivity index (χ0) is 14.5. The minimum absolute atomic E-state index is 0.0661. The minimum Gasteiger partial charge on any atom is -0.479 e. The number of nitrogens with zero attached hydrogens (tertiary/aromatic N) is 1. The van der Waals surface area contributed by atoms with Gasteiger partial charge in [0.25, 0.3) is 0 Å². The number of nitriles is 1. The summed E-state index contributed by atoms with van der Waals surface area (Å²) in [5, 5.41) is 11.9. The van der Waals surface area contributed by atoms with Gasteiger partial charge in [-0.15, -0.1) is 0 Å². The standard InChI is InChI=1S/C16H18N2O2/c1-11-10-16(13(3)20-11)12(2)18-14-4-6-15(7-5-14)19-9-8-17/h4-7,10,12,18H,9H2,1-3H3. The minimum atomic E-state index is 0.0661. The van der Waals surface area contributed by atoms with Gasteiger partial charge in [0.15, 0.2) is 6.61 Å². The first kappa shape index (κ1) is 14.0. The molecule has 2 rings (SSSR count). The molecule has 0 saturated heterocycles. The third kappa shape index (κ3) is 3.33. The van der Waals surface area contributed by atoms with E-state index in [9.17, 15) is 0 Å². The summed E-state index contributed by atoms with van der Waals surface area (Å²) in [7, 11) is 0. The maximum absolute atomic E-state index is 8.46. The van der Waals surface area contributed by atoms with E-state index in [4.69, 9.17) is 14.4 Å². The van der Waals surface area contributed by atoms with E-state index in [1.165, 1.54) is 0 Å². The van der Waals surface area contributed by atoms with Gasteiger partial charge < -0.3 is 14.5 Å². The van der Waals surface area contributed by atoms with Crippen LogP contribution in [0.4, 0.5) is 5.69 Å². The molecule has 1 atom stereocenters. The van der Waals surface area contributed by atoms with Crippen LogP contribution in [-0.2, 0) is 0 Å². The molecule has 4 nitrogen and oxygen atoms in total. The number of hydrogen-bond donors (Lipinski definition) is 1. The van der Waals surface area contributed by atoms with E-state index in [1.54, 1.807) is 0 Å². The maximum atomic E-state index is 8.46. The topological polar surface area (TPSA) is 58.2 Å². The van der Waals surface area contributed by atoms with Gasteiger partial charge in [-0.05, 0) is 51.1 Å². The number of benzene rings is 1. The fourth-order valence-corrected chi connectivity index (χ4v) is 2.17. The monoisotopic (exact) mass is 270 g/mol. The lowest BCUT2D eigenvalue weighted by Gasteiger charge is -2.15. The Labute approximate surface area is 119 Å². The van der Waals surface area contributed by atoms with Gasteiger partial charge >= 0.3 is 0 Å². The molecule has 0 radical (unpaired) electrons. The van der Waals surface area contributed by atoms with Crippen molar-refractivity contribution in [1.82, 2.24) is 0 Å². The zero-order valence-electron chi connectivity index (χ0n) is 11.9. The highest BCUT2D eigenvalue weighted by atomic mass is 16.5. The molecule has 20 heavy (non-hydrogen) atoms. The normalized spacial score (nSPS) is 11.7. The highest BCUT2D eigenvalue weighted by molar-refractivity contribution is 5.48. The Morgan fingerprint density at radius 1 is 1.30 bits per heavy atom. The molecule has 1 unspecified atom stereocenters. The fourth-order valence-electron chi connectivity index (χ4n) is 2.17. The summed E-state index contributed by atoms with van der Waals surface area (Å²) in [6.45, 7) is 6.08. The van der Waals surface area contributed by atoms with Gasteiger partial charge in [0.1, 0.15) is 23.3 Å². The third-order valence-corrected chi connectivity index (χ3v) is 3.09. The summed E-state index contributed by atoms with van der Waals surface area (Å²) in [4.78, 5) is 0. The summed E-state index contributed by atoms with van der Waals surface area (Å²) in [5.41, 5.74) is 2.16. The molecule has 0 aliphatic carbocycles. The van der Waals surface area contributed by atoms with Crippen molar-refractivity contribution < 1.29 is 9.15 Å². The quantitative estimate of drug-likeness (QED) is 0.893. The Bertz CT molecular complexity index is 608. The van der Waals surface area contributed by atoms with Crippen molar-refractivity contribution in [2.75, 3.05) is 11.9 Å². The van der Waals surface area contributed by atoms with E-state index in [0.29, 0.717) is 5.75 Å². The molecule has 0 saturated carbocycles. The van der Waals surface area contributed by atoms with Crippen LogP contribution in [0.25, 0.3) is 0 Å². The molecule has 4 heteroatoms. The van der Waals surface area contributed by atoms with Gasteiger partial charge in [0, 0.05) is 11.3 Å². The molecule has 0 aliphatic heterocycles. The highest BCUT2D eigenvalue weighted by Gasteiger charge is 2.12. The van der Waals surface area contributed by atoms with Crippen LogP contribution < -0.4 is 10.1 Å². The molecule has 1 aromatic carbocycles. The molecule has 0 spiro atoms. The van der Waals surface area contributed by atoms with E-state index in [2.05, 4.69) is 18.3 Å². The number of anilines is 1. The number of aryl methyl sites for hydroxylation is 2. The van der Waals surface area contributed by atoms with Gasteiger partial charge in [-0.3, -0.25) is 0 Å². The molecule has 1 aromatic heterocycles. The molecule has 0 fully saturated rings. The van der Waals surface area contributed by atoms with Crippen LogP contribution in [0.5, 0.6) is 5.75 Å². The summed E-state index contributed by atoms with van der Waals surface area (Å²) in [6, 6.07) is 11.7. The second-order valence-corrected chi connectivity index (χ2v) is 4.71. The second-order valence-electron chi connectivity index (χ2n) is 4.71. The van der Waals surface area contributed by atoms with Gasteiger partial charge in [0.2, 0.25) is 0 Å². The largest absolute Gasteiger partial charge is 0.479 e.